The van der Waals surface area contributed by atoms with Gasteiger partial charge in [0.1, 0.15) is 5.82 Å². The van der Waals surface area contributed by atoms with Gasteiger partial charge in [-0.2, -0.15) is 0 Å². The lowest BCUT2D eigenvalue weighted by Gasteiger charge is -2.06. The van der Waals surface area contributed by atoms with E-state index in [2.05, 4.69) is 10.3 Å². The van der Waals surface area contributed by atoms with E-state index in [0.717, 1.165) is 5.56 Å². The SMILES string of the molecule is O=C(CCc1ccncc1)Nc1ccc(F)c(Cl)c1. The van der Waals surface area contributed by atoms with Gasteiger partial charge in [0.05, 0.1) is 5.02 Å². The van der Waals surface area contributed by atoms with Gasteiger partial charge < -0.3 is 5.32 Å². The summed E-state index contributed by atoms with van der Waals surface area (Å²) in [4.78, 5) is 15.6. The maximum absolute atomic E-state index is 13.0. The van der Waals surface area contributed by atoms with Gasteiger partial charge in [0.2, 0.25) is 5.91 Å². The quantitative estimate of drug-likeness (QED) is 0.931. The zero-order chi connectivity index (χ0) is 13.7. The van der Waals surface area contributed by atoms with E-state index >= 15 is 0 Å². The molecule has 0 saturated carbocycles. The van der Waals surface area contributed by atoms with Crippen molar-refractivity contribution in [1.82, 2.24) is 4.98 Å². The molecule has 0 spiro atoms. The van der Waals surface area contributed by atoms with Gasteiger partial charge in [0.25, 0.3) is 0 Å². The van der Waals surface area contributed by atoms with Gasteiger partial charge in [0, 0.05) is 24.5 Å². The van der Waals surface area contributed by atoms with E-state index in [1.807, 2.05) is 12.1 Å². The number of aromatic nitrogens is 1. The van der Waals surface area contributed by atoms with Crippen molar-refractivity contribution in [3.63, 3.8) is 0 Å². The molecule has 1 aromatic carbocycles. The molecule has 0 aliphatic heterocycles. The van der Waals surface area contributed by atoms with Crippen molar-refractivity contribution < 1.29 is 9.18 Å². The van der Waals surface area contributed by atoms with Gasteiger partial charge >= 0.3 is 0 Å². The van der Waals surface area contributed by atoms with Crippen LogP contribution in [-0.2, 0) is 11.2 Å². The van der Waals surface area contributed by atoms with Crippen molar-refractivity contribution in [3.8, 4) is 0 Å². The van der Waals surface area contributed by atoms with Crippen molar-refractivity contribution in [2.45, 2.75) is 12.8 Å². The van der Waals surface area contributed by atoms with Crippen LogP contribution in [0, 0.1) is 5.82 Å². The number of pyridine rings is 1. The number of hydrogen-bond acceptors (Lipinski definition) is 2. The molecule has 0 fully saturated rings. The number of nitrogens with zero attached hydrogens (tertiary/aromatic N) is 1. The first-order chi connectivity index (χ1) is 9.15. The average Bonchev–Trinajstić information content (AvgIpc) is 2.42. The van der Waals surface area contributed by atoms with E-state index in [4.69, 9.17) is 11.6 Å². The van der Waals surface area contributed by atoms with Crippen LogP contribution in [0.5, 0.6) is 0 Å². The lowest BCUT2D eigenvalue weighted by atomic mass is 10.1. The highest BCUT2D eigenvalue weighted by Gasteiger charge is 2.05. The van der Waals surface area contributed by atoms with Gasteiger partial charge in [-0.15, -0.1) is 0 Å². The third-order valence-corrected chi connectivity index (χ3v) is 2.88. The van der Waals surface area contributed by atoms with Crippen LogP contribution in [0.3, 0.4) is 0 Å². The van der Waals surface area contributed by atoms with Crippen LogP contribution in [0.25, 0.3) is 0 Å². The summed E-state index contributed by atoms with van der Waals surface area (Å²) in [6.45, 7) is 0. The van der Waals surface area contributed by atoms with Crippen LogP contribution >= 0.6 is 11.6 Å². The average molecular weight is 279 g/mol. The first-order valence-electron chi connectivity index (χ1n) is 5.79. The van der Waals surface area contributed by atoms with Gasteiger partial charge in [-0.05, 0) is 42.3 Å². The van der Waals surface area contributed by atoms with Crippen LogP contribution in [0.4, 0.5) is 10.1 Å². The molecule has 3 nitrogen and oxygen atoms in total. The number of halogens is 2. The molecule has 0 saturated heterocycles. The molecule has 0 aliphatic carbocycles. The van der Waals surface area contributed by atoms with Crippen molar-refractivity contribution in [2.75, 3.05) is 5.32 Å². The van der Waals surface area contributed by atoms with Crippen molar-refractivity contribution in [1.29, 1.82) is 0 Å². The second-order valence-electron chi connectivity index (χ2n) is 4.03. The Morgan fingerprint density at radius 2 is 2.00 bits per heavy atom. The minimum absolute atomic E-state index is 0.00747. The molecule has 0 radical (unpaired) electrons. The maximum atomic E-state index is 13.0. The fraction of sp³-hybridized carbons (Fsp3) is 0.143. The molecule has 19 heavy (non-hydrogen) atoms. The molecule has 1 N–H and O–H groups in total. The Hall–Kier alpha value is -1.94. The third kappa shape index (κ3) is 4.03. The normalized spacial score (nSPS) is 10.2. The predicted molar refractivity (Wildman–Crippen MR) is 72.6 cm³/mol. The zero-order valence-corrected chi connectivity index (χ0v) is 10.8. The van der Waals surface area contributed by atoms with Crippen molar-refractivity contribution in [3.05, 3.63) is 59.1 Å². The van der Waals surface area contributed by atoms with Crippen LogP contribution in [0.2, 0.25) is 5.02 Å². The minimum Gasteiger partial charge on any atom is -0.326 e. The maximum Gasteiger partial charge on any atom is 0.224 e. The largest absolute Gasteiger partial charge is 0.326 e. The topological polar surface area (TPSA) is 42.0 Å². The summed E-state index contributed by atoms with van der Waals surface area (Å²) in [6, 6.07) is 7.82. The lowest BCUT2D eigenvalue weighted by Crippen LogP contribution is -2.12. The Labute approximate surface area is 115 Å². The van der Waals surface area contributed by atoms with E-state index in [0.29, 0.717) is 18.5 Å². The summed E-state index contributed by atoms with van der Waals surface area (Å²) in [7, 11) is 0. The van der Waals surface area contributed by atoms with Gasteiger partial charge in [-0.25, -0.2) is 4.39 Å². The molecule has 2 rings (SSSR count). The summed E-state index contributed by atoms with van der Waals surface area (Å²) in [5, 5.41) is 2.67. The Morgan fingerprint density at radius 1 is 1.26 bits per heavy atom. The number of aryl methyl sites for hydroxylation is 1. The van der Waals surface area contributed by atoms with Gasteiger partial charge in [0.15, 0.2) is 0 Å². The Balaban J connectivity index is 1.89. The Kier molecular flexibility index (Phi) is 4.47. The number of hydrogen-bond donors (Lipinski definition) is 1. The van der Waals surface area contributed by atoms with E-state index in [1.54, 1.807) is 12.4 Å². The van der Waals surface area contributed by atoms with E-state index < -0.39 is 5.82 Å². The summed E-state index contributed by atoms with van der Waals surface area (Å²) < 4.78 is 13.0. The molecule has 0 atom stereocenters. The van der Waals surface area contributed by atoms with E-state index in [1.165, 1.54) is 18.2 Å². The highest BCUT2D eigenvalue weighted by Crippen LogP contribution is 2.19. The fourth-order valence-electron chi connectivity index (χ4n) is 1.60. The number of carbonyl (C=O) groups is 1. The molecule has 0 unspecified atom stereocenters. The van der Waals surface area contributed by atoms with Crippen molar-refractivity contribution >= 4 is 23.2 Å². The number of anilines is 1. The standard InChI is InChI=1S/C14H12ClFN2O/c15-12-9-11(2-3-13(12)16)18-14(19)4-1-10-5-7-17-8-6-10/h2-3,5-9H,1,4H2,(H,18,19). The second-order valence-corrected chi connectivity index (χ2v) is 4.44. The van der Waals surface area contributed by atoms with E-state index in [-0.39, 0.29) is 10.9 Å². The van der Waals surface area contributed by atoms with Crippen molar-refractivity contribution in [2.24, 2.45) is 0 Å². The monoisotopic (exact) mass is 278 g/mol. The Morgan fingerprint density at radius 3 is 2.68 bits per heavy atom. The molecule has 1 amide bonds. The molecular weight excluding hydrogens is 267 g/mol. The highest BCUT2D eigenvalue weighted by atomic mass is 35.5. The van der Waals surface area contributed by atoms with E-state index in [9.17, 15) is 9.18 Å². The summed E-state index contributed by atoms with van der Waals surface area (Å²) in [6.07, 6.45) is 4.35. The fourth-order valence-corrected chi connectivity index (χ4v) is 1.79. The summed E-state index contributed by atoms with van der Waals surface area (Å²) in [5.74, 6) is -0.643. The third-order valence-electron chi connectivity index (χ3n) is 2.59. The van der Waals surface area contributed by atoms with Crippen LogP contribution < -0.4 is 5.32 Å². The molecule has 0 aliphatic rings. The molecular formula is C14H12ClFN2O. The zero-order valence-electron chi connectivity index (χ0n) is 10.1. The lowest BCUT2D eigenvalue weighted by molar-refractivity contribution is -0.116. The van der Waals surface area contributed by atoms with Crippen LogP contribution in [0.15, 0.2) is 42.7 Å². The molecule has 1 aromatic heterocycles. The molecule has 2 aromatic rings. The summed E-state index contributed by atoms with van der Waals surface area (Å²) in [5.41, 5.74) is 1.54. The Bertz CT molecular complexity index is 575. The number of amides is 1. The second kappa shape index (κ2) is 6.29. The molecule has 1 heterocycles. The van der Waals surface area contributed by atoms with Crippen LogP contribution in [-0.4, -0.2) is 10.9 Å². The van der Waals surface area contributed by atoms with Gasteiger partial charge in [-0.3, -0.25) is 9.78 Å². The number of nitrogens with one attached hydrogen (secondary N) is 1. The predicted octanol–water partition coefficient (Wildman–Crippen LogP) is 3.45. The molecule has 5 heteroatoms. The molecule has 0 bridgehead atoms. The molecule has 98 valence electrons. The first kappa shape index (κ1) is 13.5. The first-order valence-corrected chi connectivity index (χ1v) is 6.17. The number of carbonyl (C=O) groups excluding carboxylic acids is 1. The minimum atomic E-state index is -0.503. The van der Waals surface area contributed by atoms with Crippen LogP contribution in [0.1, 0.15) is 12.0 Å². The summed E-state index contributed by atoms with van der Waals surface area (Å²) >= 11 is 5.64. The number of rotatable bonds is 4. The smallest absolute Gasteiger partial charge is 0.224 e. The highest BCUT2D eigenvalue weighted by molar-refractivity contribution is 6.31. The van der Waals surface area contributed by atoms with Gasteiger partial charge in [-0.1, -0.05) is 11.6 Å². The number of benzene rings is 1.